The zero-order chi connectivity index (χ0) is 23.5. The maximum Gasteiger partial charge on any atom is 0.220 e. The van der Waals surface area contributed by atoms with Gasteiger partial charge in [0.05, 0.1) is 11.4 Å². The summed E-state index contributed by atoms with van der Waals surface area (Å²) in [7, 11) is 0. The van der Waals surface area contributed by atoms with Crippen molar-refractivity contribution in [3.8, 4) is 5.69 Å². The Kier molecular flexibility index (Phi) is 7.13. The number of fused-ring (bicyclic) bond motifs is 1. The van der Waals surface area contributed by atoms with Gasteiger partial charge in [0.15, 0.2) is 5.65 Å². The van der Waals surface area contributed by atoms with Crippen LogP contribution < -0.4 is 5.32 Å². The number of likely N-dealkylation sites (tertiary alicyclic amines) is 1. The van der Waals surface area contributed by atoms with Crippen LogP contribution >= 0.6 is 0 Å². The minimum Gasteiger partial charge on any atom is -0.356 e. The largest absolute Gasteiger partial charge is 0.356 e. The molecule has 0 radical (unpaired) electrons. The molecule has 4 rings (SSSR count). The van der Waals surface area contributed by atoms with E-state index in [4.69, 9.17) is 10.1 Å². The molecular formula is C27H37N5O. The molecule has 2 aromatic heterocycles. The van der Waals surface area contributed by atoms with E-state index in [-0.39, 0.29) is 5.91 Å². The highest BCUT2D eigenvalue weighted by Crippen LogP contribution is 2.28. The summed E-state index contributed by atoms with van der Waals surface area (Å²) in [6, 6.07) is 10.1. The fourth-order valence-corrected chi connectivity index (χ4v) is 5.17. The van der Waals surface area contributed by atoms with E-state index < -0.39 is 0 Å². The molecule has 6 nitrogen and oxygen atoms in total. The Labute approximate surface area is 197 Å². The van der Waals surface area contributed by atoms with E-state index in [2.05, 4.69) is 31.0 Å². The van der Waals surface area contributed by atoms with Gasteiger partial charge in [-0.1, -0.05) is 32.0 Å². The molecule has 1 N–H and O–H groups in total. The van der Waals surface area contributed by atoms with Crippen LogP contribution in [-0.2, 0) is 11.2 Å². The lowest BCUT2D eigenvalue weighted by Gasteiger charge is -2.18. The van der Waals surface area contributed by atoms with Crippen LogP contribution in [0.25, 0.3) is 16.7 Å². The summed E-state index contributed by atoms with van der Waals surface area (Å²) in [4.78, 5) is 20.0. The third kappa shape index (κ3) is 5.27. The number of amides is 1. The van der Waals surface area contributed by atoms with Gasteiger partial charge >= 0.3 is 0 Å². The fraction of sp³-hybridized carbons (Fsp3) is 0.519. The molecule has 0 aliphatic carbocycles. The van der Waals surface area contributed by atoms with Crippen LogP contribution in [0.15, 0.2) is 30.3 Å². The topological polar surface area (TPSA) is 63.1 Å². The molecule has 1 aliphatic heterocycles. The first-order valence-electron chi connectivity index (χ1n) is 12.2. The van der Waals surface area contributed by atoms with Gasteiger partial charge in [-0.3, -0.25) is 4.79 Å². The first-order chi connectivity index (χ1) is 15.8. The van der Waals surface area contributed by atoms with Crippen molar-refractivity contribution in [2.75, 3.05) is 26.2 Å². The first-order valence-corrected chi connectivity index (χ1v) is 12.2. The Hall–Kier alpha value is -2.73. The normalized spacial score (nSPS) is 16.7. The van der Waals surface area contributed by atoms with Gasteiger partial charge in [0, 0.05) is 37.1 Å². The molecule has 1 atom stereocenters. The number of nitrogens with zero attached hydrogens (tertiary/aromatic N) is 4. The second-order valence-electron chi connectivity index (χ2n) is 9.94. The Morgan fingerprint density at radius 1 is 1.15 bits per heavy atom. The number of carbonyl (C=O) groups excluding carboxylic acids is 1. The molecule has 0 saturated carbocycles. The molecule has 1 saturated heterocycles. The maximum atomic E-state index is 12.6. The molecule has 3 heterocycles. The number of pyridine rings is 1. The Bertz CT molecular complexity index is 1120. The summed E-state index contributed by atoms with van der Waals surface area (Å²) in [5.41, 5.74) is 6.19. The maximum absolute atomic E-state index is 12.6. The number of aryl methyl sites for hydroxylation is 3. The second-order valence-corrected chi connectivity index (χ2v) is 9.94. The quantitative estimate of drug-likeness (QED) is 0.557. The molecule has 1 amide bonds. The highest BCUT2D eigenvalue weighted by Gasteiger charge is 2.23. The molecule has 1 aromatic carbocycles. The first kappa shape index (κ1) is 23.4. The van der Waals surface area contributed by atoms with E-state index in [1.54, 1.807) is 0 Å². The smallest absolute Gasteiger partial charge is 0.220 e. The van der Waals surface area contributed by atoms with Crippen molar-refractivity contribution in [3.05, 3.63) is 52.8 Å². The van der Waals surface area contributed by atoms with Crippen LogP contribution in [0.1, 0.15) is 49.2 Å². The van der Waals surface area contributed by atoms with E-state index in [1.807, 2.05) is 48.9 Å². The Morgan fingerprint density at radius 2 is 1.91 bits per heavy atom. The van der Waals surface area contributed by atoms with Gasteiger partial charge in [0.25, 0.3) is 0 Å². The lowest BCUT2D eigenvalue weighted by Crippen LogP contribution is -2.32. The molecule has 0 unspecified atom stereocenters. The Balaban J connectivity index is 1.41. The lowest BCUT2D eigenvalue weighted by atomic mass is 9.99. The van der Waals surface area contributed by atoms with Crippen molar-refractivity contribution in [1.29, 1.82) is 0 Å². The fourth-order valence-electron chi connectivity index (χ4n) is 5.17. The van der Waals surface area contributed by atoms with Crippen molar-refractivity contribution in [3.63, 3.8) is 0 Å². The third-order valence-corrected chi connectivity index (χ3v) is 6.76. The zero-order valence-corrected chi connectivity index (χ0v) is 20.7. The van der Waals surface area contributed by atoms with Crippen LogP contribution in [0.2, 0.25) is 0 Å². The number of rotatable bonds is 8. The molecule has 0 bridgehead atoms. The molecule has 176 valence electrons. The number of carbonyl (C=O) groups is 1. The molecular weight excluding hydrogens is 410 g/mol. The number of para-hydroxylation sites is 1. The highest BCUT2D eigenvalue weighted by molar-refractivity contribution is 5.85. The van der Waals surface area contributed by atoms with Crippen LogP contribution in [-0.4, -0.2) is 51.8 Å². The third-order valence-electron chi connectivity index (χ3n) is 6.76. The van der Waals surface area contributed by atoms with Gasteiger partial charge in [-0.2, -0.15) is 5.10 Å². The van der Waals surface area contributed by atoms with E-state index in [0.29, 0.717) is 24.7 Å². The molecule has 1 aliphatic rings. The van der Waals surface area contributed by atoms with E-state index in [1.165, 1.54) is 12.0 Å². The van der Waals surface area contributed by atoms with Gasteiger partial charge in [-0.25, -0.2) is 9.67 Å². The van der Waals surface area contributed by atoms with Gasteiger partial charge < -0.3 is 10.2 Å². The number of aromatic nitrogens is 3. The van der Waals surface area contributed by atoms with Gasteiger partial charge in [-0.15, -0.1) is 0 Å². The lowest BCUT2D eigenvalue weighted by molar-refractivity contribution is -0.121. The molecule has 3 aromatic rings. The minimum atomic E-state index is 0.132. The standard InChI is InChI=1S/C27H37N5O/c1-18(2)16-31-14-13-22(17-31)15-28-25(33)12-11-24-19(3)26-21(5)30-32(27(26)29-20(24)4)23-9-7-6-8-10-23/h6-10,18,22H,11-17H2,1-5H3,(H,28,33)/t22-/m1/s1. The Morgan fingerprint density at radius 3 is 2.64 bits per heavy atom. The van der Waals surface area contributed by atoms with Crippen molar-refractivity contribution in [2.45, 2.75) is 53.9 Å². The second kappa shape index (κ2) is 10.0. The monoisotopic (exact) mass is 447 g/mol. The van der Waals surface area contributed by atoms with E-state index in [0.717, 1.165) is 59.9 Å². The van der Waals surface area contributed by atoms with Gasteiger partial charge in [0.2, 0.25) is 5.91 Å². The minimum absolute atomic E-state index is 0.132. The van der Waals surface area contributed by atoms with Crippen molar-refractivity contribution in [1.82, 2.24) is 25.0 Å². The summed E-state index contributed by atoms with van der Waals surface area (Å²) in [5, 5.41) is 9.04. The summed E-state index contributed by atoms with van der Waals surface area (Å²) in [5.74, 6) is 1.40. The zero-order valence-electron chi connectivity index (χ0n) is 20.7. The average molecular weight is 448 g/mol. The van der Waals surface area contributed by atoms with Crippen molar-refractivity contribution >= 4 is 16.9 Å². The SMILES string of the molecule is Cc1nc2c(c(C)nn2-c2ccccc2)c(C)c1CCC(=O)NC[C@H]1CCN(CC(C)C)C1. The number of nitrogens with one attached hydrogen (secondary N) is 1. The van der Waals surface area contributed by atoms with Gasteiger partial charge in [0.1, 0.15) is 0 Å². The molecule has 33 heavy (non-hydrogen) atoms. The summed E-state index contributed by atoms with van der Waals surface area (Å²) in [6.07, 6.45) is 2.37. The van der Waals surface area contributed by atoms with Crippen LogP contribution in [0.4, 0.5) is 0 Å². The molecule has 6 heteroatoms. The number of benzene rings is 1. The van der Waals surface area contributed by atoms with E-state index in [9.17, 15) is 4.79 Å². The van der Waals surface area contributed by atoms with Crippen LogP contribution in [0, 0.1) is 32.6 Å². The van der Waals surface area contributed by atoms with E-state index >= 15 is 0 Å². The summed E-state index contributed by atoms with van der Waals surface area (Å²) < 4.78 is 1.92. The van der Waals surface area contributed by atoms with Crippen LogP contribution in [0.5, 0.6) is 0 Å². The van der Waals surface area contributed by atoms with Gasteiger partial charge in [-0.05, 0) is 75.3 Å². The van der Waals surface area contributed by atoms with Crippen molar-refractivity contribution < 1.29 is 4.79 Å². The number of hydrogen-bond donors (Lipinski definition) is 1. The summed E-state index contributed by atoms with van der Waals surface area (Å²) in [6.45, 7) is 14.9. The predicted octanol–water partition coefficient (Wildman–Crippen LogP) is 4.37. The highest BCUT2D eigenvalue weighted by atomic mass is 16.1. The number of hydrogen-bond acceptors (Lipinski definition) is 4. The summed E-state index contributed by atoms with van der Waals surface area (Å²) >= 11 is 0. The van der Waals surface area contributed by atoms with Crippen LogP contribution in [0.3, 0.4) is 0 Å². The average Bonchev–Trinajstić information content (AvgIpc) is 3.36. The molecule has 0 spiro atoms. The predicted molar refractivity (Wildman–Crippen MR) is 134 cm³/mol. The molecule has 1 fully saturated rings. The van der Waals surface area contributed by atoms with Crippen molar-refractivity contribution in [2.24, 2.45) is 11.8 Å².